The molecule has 40 heavy (non-hydrogen) atoms. The molecular formula is C36H25N3O. The maximum absolute atomic E-state index is 10.8. The van der Waals surface area contributed by atoms with Crippen LogP contribution in [0.4, 0.5) is 0 Å². The van der Waals surface area contributed by atoms with Crippen LogP contribution >= 0.6 is 0 Å². The molecule has 0 spiro atoms. The highest BCUT2D eigenvalue weighted by molar-refractivity contribution is 5.96. The quantitative estimate of drug-likeness (QED) is 0.248. The van der Waals surface area contributed by atoms with E-state index in [1.165, 1.54) is 12.3 Å². The zero-order valence-electron chi connectivity index (χ0n) is 24.4. The third kappa shape index (κ3) is 4.22. The lowest BCUT2D eigenvalue weighted by molar-refractivity contribution is 0.477. The fraction of sp³-hybridized carbons (Fsp3) is 0. The van der Waals surface area contributed by atoms with E-state index in [9.17, 15) is 5.11 Å². The minimum atomic E-state index is -0.00959. The van der Waals surface area contributed by atoms with Crippen LogP contribution in [-0.4, -0.2) is 19.6 Å². The van der Waals surface area contributed by atoms with E-state index < -0.39 is 0 Å². The van der Waals surface area contributed by atoms with Gasteiger partial charge in [-0.25, -0.2) is 4.98 Å². The highest BCUT2D eigenvalue weighted by atomic mass is 16.3. The number of nitrogens with zero attached hydrogens (tertiary/aromatic N) is 3. The number of imidazole rings is 1. The average molecular weight is 519 g/mol. The summed E-state index contributed by atoms with van der Waals surface area (Å²) in [5.41, 5.74) is 7.44. The number of aromatic hydroxyl groups is 1. The molecule has 0 saturated carbocycles. The lowest BCUT2D eigenvalue weighted by Gasteiger charge is -2.11. The number of fused-ring (bicyclic) bond motifs is 1. The van der Waals surface area contributed by atoms with E-state index in [1.807, 2.05) is 108 Å². The molecule has 2 aromatic heterocycles. The molecule has 1 N–H and O–H groups in total. The van der Waals surface area contributed by atoms with E-state index in [-0.39, 0.29) is 23.9 Å². The number of para-hydroxylation sites is 3. The normalized spacial score (nSPS) is 12.2. The van der Waals surface area contributed by atoms with Gasteiger partial charge in [-0.2, -0.15) is 0 Å². The summed E-state index contributed by atoms with van der Waals surface area (Å²) in [6.45, 7) is 0. The van der Waals surface area contributed by atoms with Crippen molar-refractivity contribution >= 4 is 11.0 Å². The van der Waals surface area contributed by atoms with Gasteiger partial charge in [-0.1, -0.05) is 91.0 Å². The largest absolute Gasteiger partial charge is 0.507 e. The van der Waals surface area contributed by atoms with Gasteiger partial charge >= 0.3 is 0 Å². The molecule has 5 aromatic carbocycles. The highest BCUT2D eigenvalue weighted by Gasteiger charge is 2.19. The minimum absolute atomic E-state index is 0.00959. The van der Waals surface area contributed by atoms with Crippen LogP contribution in [0.2, 0.25) is 0 Å². The molecule has 0 aliphatic carbocycles. The first-order valence-electron chi connectivity index (χ1n) is 14.5. The van der Waals surface area contributed by atoms with Crippen molar-refractivity contribution in [1.82, 2.24) is 14.5 Å². The first-order valence-corrected chi connectivity index (χ1v) is 13.0. The molecule has 7 aromatic rings. The maximum Gasteiger partial charge on any atom is 0.149 e. The van der Waals surface area contributed by atoms with Gasteiger partial charge < -0.3 is 5.11 Å². The van der Waals surface area contributed by atoms with E-state index in [4.69, 9.17) is 9.10 Å². The summed E-state index contributed by atoms with van der Waals surface area (Å²) in [6.07, 6.45) is 1.51. The van der Waals surface area contributed by atoms with Gasteiger partial charge in [0.2, 0.25) is 0 Å². The van der Waals surface area contributed by atoms with Gasteiger partial charge in [0.15, 0.2) is 0 Å². The zero-order valence-corrected chi connectivity index (χ0v) is 21.4. The molecule has 0 unspecified atom stereocenters. The van der Waals surface area contributed by atoms with E-state index in [1.54, 1.807) is 12.1 Å². The molecule has 0 aliphatic heterocycles. The summed E-state index contributed by atoms with van der Waals surface area (Å²) in [5, 5.41) is 10.8. The standard InChI is InChI=1S/C36H25N3O/c40-34-20-8-7-17-31(34)36-38-35-30(18-10-19-33(35)39(36)29-15-5-2-6-16-29)27-13-9-14-28(23-27)32-24-26(21-22-37-32)25-11-3-1-4-12-25/h1-24,40H/i8D,21D,24D. The lowest BCUT2D eigenvalue weighted by Crippen LogP contribution is -1.97. The van der Waals surface area contributed by atoms with E-state index in [0.717, 1.165) is 39.0 Å². The number of aromatic nitrogens is 3. The molecule has 0 saturated heterocycles. The second-order valence-electron chi connectivity index (χ2n) is 9.42. The molecule has 0 bridgehead atoms. The van der Waals surface area contributed by atoms with Crippen LogP contribution in [0.15, 0.2) is 146 Å². The van der Waals surface area contributed by atoms with Crippen LogP contribution in [-0.2, 0) is 0 Å². The molecule has 190 valence electrons. The van der Waals surface area contributed by atoms with Crippen molar-refractivity contribution in [2.75, 3.05) is 0 Å². The topological polar surface area (TPSA) is 50.9 Å². The Hall–Kier alpha value is -5.48. The molecule has 0 amide bonds. The Balaban J connectivity index is 1.42. The van der Waals surface area contributed by atoms with Crippen molar-refractivity contribution < 1.29 is 9.22 Å². The first kappa shape index (κ1) is 20.5. The SMILES string of the molecule is [2H]c1ccc(-c2nc3c(-c4cccc(-c5ncc([2H])c(-c6ccccc6)c5[2H])c4)cccc3n2-c2ccccc2)c(O)c1. The zero-order chi connectivity index (χ0) is 29.5. The van der Waals surface area contributed by atoms with Crippen molar-refractivity contribution in [3.63, 3.8) is 0 Å². The van der Waals surface area contributed by atoms with Gasteiger partial charge in [0.05, 0.1) is 26.4 Å². The number of phenolic OH excluding ortho intramolecular Hbond substituents is 1. The average Bonchev–Trinajstić information content (AvgIpc) is 3.41. The Morgan fingerprint density at radius 3 is 2.20 bits per heavy atom. The van der Waals surface area contributed by atoms with Gasteiger partial charge in [-0.15, -0.1) is 0 Å². The molecule has 0 fully saturated rings. The van der Waals surface area contributed by atoms with Gasteiger partial charge in [-0.05, 0) is 65.2 Å². The van der Waals surface area contributed by atoms with Crippen molar-refractivity contribution in [3.8, 4) is 56.3 Å². The number of benzene rings is 5. The molecule has 0 radical (unpaired) electrons. The molecule has 0 aliphatic rings. The van der Waals surface area contributed by atoms with Crippen LogP contribution in [0, 0.1) is 0 Å². The van der Waals surface area contributed by atoms with Crippen LogP contribution in [0.5, 0.6) is 5.75 Å². The van der Waals surface area contributed by atoms with Gasteiger partial charge in [0, 0.05) is 23.0 Å². The second kappa shape index (κ2) is 10.0. The Bertz CT molecular complexity index is 2130. The Morgan fingerprint density at radius 1 is 0.650 bits per heavy atom. The van der Waals surface area contributed by atoms with E-state index in [0.29, 0.717) is 22.6 Å². The summed E-state index contributed by atoms with van der Waals surface area (Å²) in [6, 6.07) is 38.7. The van der Waals surface area contributed by atoms with Gasteiger partial charge in [0.25, 0.3) is 0 Å². The van der Waals surface area contributed by atoms with Crippen LogP contribution < -0.4 is 0 Å². The smallest absolute Gasteiger partial charge is 0.149 e. The van der Waals surface area contributed by atoms with Gasteiger partial charge in [0.1, 0.15) is 11.6 Å². The number of phenols is 1. The lowest BCUT2D eigenvalue weighted by atomic mass is 9.99. The molecular weight excluding hydrogens is 490 g/mol. The molecule has 2 heterocycles. The summed E-state index contributed by atoms with van der Waals surface area (Å²) in [5.74, 6) is 0.556. The minimum Gasteiger partial charge on any atom is -0.507 e. The Kier molecular flexibility index (Phi) is 5.12. The third-order valence-corrected chi connectivity index (χ3v) is 6.94. The van der Waals surface area contributed by atoms with Crippen molar-refractivity contribution in [3.05, 3.63) is 146 Å². The summed E-state index contributed by atoms with van der Waals surface area (Å²) in [7, 11) is 0. The fourth-order valence-electron chi connectivity index (χ4n) is 5.05. The first-order chi connectivity index (χ1) is 21.0. The number of pyridine rings is 1. The predicted molar refractivity (Wildman–Crippen MR) is 162 cm³/mol. The summed E-state index contributed by atoms with van der Waals surface area (Å²) < 4.78 is 27.4. The highest BCUT2D eigenvalue weighted by Crippen LogP contribution is 2.38. The Morgan fingerprint density at radius 2 is 1.38 bits per heavy atom. The summed E-state index contributed by atoms with van der Waals surface area (Å²) >= 11 is 0. The van der Waals surface area contributed by atoms with E-state index >= 15 is 0 Å². The molecule has 4 heteroatoms. The van der Waals surface area contributed by atoms with Gasteiger partial charge in [-0.3, -0.25) is 9.55 Å². The van der Waals surface area contributed by atoms with Crippen LogP contribution in [0.1, 0.15) is 4.11 Å². The van der Waals surface area contributed by atoms with Crippen LogP contribution in [0.25, 0.3) is 61.6 Å². The molecule has 7 rings (SSSR count). The summed E-state index contributed by atoms with van der Waals surface area (Å²) in [4.78, 5) is 9.58. The Labute approximate surface area is 236 Å². The number of rotatable bonds is 5. The monoisotopic (exact) mass is 518 g/mol. The fourth-order valence-corrected chi connectivity index (χ4v) is 5.05. The molecule has 4 nitrogen and oxygen atoms in total. The van der Waals surface area contributed by atoms with Crippen molar-refractivity contribution in [2.24, 2.45) is 0 Å². The third-order valence-electron chi connectivity index (χ3n) is 6.94. The van der Waals surface area contributed by atoms with Crippen molar-refractivity contribution in [1.29, 1.82) is 0 Å². The maximum atomic E-state index is 10.8. The number of hydrogen-bond donors (Lipinski definition) is 1. The second-order valence-corrected chi connectivity index (χ2v) is 9.42. The number of hydrogen-bond acceptors (Lipinski definition) is 3. The van der Waals surface area contributed by atoms with Crippen molar-refractivity contribution in [2.45, 2.75) is 0 Å². The predicted octanol–water partition coefficient (Wildman–Crippen LogP) is 8.79. The molecule has 0 atom stereocenters. The van der Waals surface area contributed by atoms with Crippen LogP contribution in [0.3, 0.4) is 0 Å². The van der Waals surface area contributed by atoms with E-state index in [2.05, 4.69) is 4.98 Å².